The number of halogens is 2. The zero-order valence-corrected chi connectivity index (χ0v) is 18.4. The summed E-state index contributed by atoms with van der Waals surface area (Å²) in [6.45, 7) is 4.23. The van der Waals surface area contributed by atoms with Gasteiger partial charge in [-0.3, -0.25) is 9.59 Å². The zero-order chi connectivity index (χ0) is 22.7. The lowest BCUT2D eigenvalue weighted by Crippen LogP contribution is -2.49. The predicted octanol–water partition coefficient (Wildman–Crippen LogP) is 5.00. The molecule has 0 saturated carbocycles. The van der Waals surface area contributed by atoms with E-state index in [1.165, 1.54) is 12.1 Å². The Labute approximate surface area is 191 Å². The molecule has 3 aromatic carbocycles. The van der Waals surface area contributed by atoms with E-state index in [1.54, 1.807) is 29.2 Å². The lowest BCUT2D eigenvalue weighted by molar-refractivity contribution is 0.0742. The Bertz CT molecular complexity index is 1140. The molecule has 0 aromatic heterocycles. The molecule has 1 aliphatic heterocycles. The highest BCUT2D eigenvalue weighted by molar-refractivity contribution is 6.34. The lowest BCUT2D eigenvalue weighted by Gasteiger charge is -2.36. The summed E-state index contributed by atoms with van der Waals surface area (Å²) in [6.07, 6.45) is 0. The number of aryl methyl sites for hydroxylation is 1. The summed E-state index contributed by atoms with van der Waals surface area (Å²) >= 11 is 6.18. The molecule has 0 spiro atoms. The average Bonchev–Trinajstić information content (AvgIpc) is 2.79. The number of amides is 2. The van der Waals surface area contributed by atoms with E-state index in [0.29, 0.717) is 42.5 Å². The number of rotatable bonds is 4. The van der Waals surface area contributed by atoms with E-state index in [2.05, 4.69) is 10.2 Å². The fraction of sp³-hybridized carbons (Fsp3) is 0.200. The van der Waals surface area contributed by atoms with Crippen LogP contribution in [0.15, 0.2) is 66.7 Å². The molecule has 2 amide bonds. The number of benzene rings is 3. The monoisotopic (exact) mass is 451 g/mol. The standard InChI is InChI=1S/C25H23ClFN3O2/c1-17-6-11-20(22(26)16-17)24(31)28-18-7-9-19(10-8-18)29-12-14-30(15-13-29)25(32)21-4-2-3-5-23(21)27/h2-11,16H,12-15H2,1H3,(H,28,31). The number of piperazine rings is 1. The first-order valence-corrected chi connectivity index (χ1v) is 10.8. The third-order valence-corrected chi connectivity index (χ3v) is 5.84. The normalized spacial score (nSPS) is 13.7. The highest BCUT2D eigenvalue weighted by atomic mass is 35.5. The van der Waals surface area contributed by atoms with E-state index >= 15 is 0 Å². The average molecular weight is 452 g/mol. The fourth-order valence-electron chi connectivity index (χ4n) is 3.73. The maximum atomic E-state index is 13.9. The van der Waals surface area contributed by atoms with E-state index in [0.717, 1.165) is 11.3 Å². The molecule has 1 aliphatic rings. The van der Waals surface area contributed by atoms with Crippen molar-refractivity contribution >= 4 is 34.8 Å². The van der Waals surface area contributed by atoms with Gasteiger partial charge in [0.15, 0.2) is 0 Å². The largest absolute Gasteiger partial charge is 0.368 e. The molecule has 7 heteroatoms. The Morgan fingerprint density at radius 3 is 2.25 bits per heavy atom. The van der Waals surface area contributed by atoms with Crippen LogP contribution in [0.1, 0.15) is 26.3 Å². The van der Waals surface area contributed by atoms with Crippen LogP contribution in [0.5, 0.6) is 0 Å². The van der Waals surface area contributed by atoms with Crippen molar-refractivity contribution in [3.05, 3.63) is 94.3 Å². The van der Waals surface area contributed by atoms with Gasteiger partial charge in [-0.1, -0.05) is 29.8 Å². The van der Waals surface area contributed by atoms with Crippen molar-refractivity contribution in [3.8, 4) is 0 Å². The van der Waals surface area contributed by atoms with Crippen LogP contribution in [0.4, 0.5) is 15.8 Å². The SMILES string of the molecule is Cc1ccc(C(=O)Nc2ccc(N3CCN(C(=O)c4ccccc4F)CC3)cc2)c(Cl)c1. The molecule has 0 bridgehead atoms. The summed E-state index contributed by atoms with van der Waals surface area (Å²) in [5.41, 5.74) is 3.19. The fourth-order valence-corrected chi connectivity index (χ4v) is 4.05. The first-order valence-electron chi connectivity index (χ1n) is 10.4. The van der Waals surface area contributed by atoms with E-state index < -0.39 is 5.82 Å². The summed E-state index contributed by atoms with van der Waals surface area (Å²) in [6, 6.07) is 18.9. The van der Waals surface area contributed by atoms with Gasteiger partial charge < -0.3 is 15.1 Å². The van der Waals surface area contributed by atoms with Crippen molar-refractivity contribution < 1.29 is 14.0 Å². The number of hydrogen-bond acceptors (Lipinski definition) is 3. The van der Waals surface area contributed by atoms with Crippen LogP contribution in [0.3, 0.4) is 0 Å². The Kier molecular flexibility index (Phi) is 6.42. The first-order chi connectivity index (χ1) is 15.4. The van der Waals surface area contributed by atoms with Gasteiger partial charge in [-0.15, -0.1) is 0 Å². The number of carbonyl (C=O) groups excluding carboxylic acids is 2. The quantitative estimate of drug-likeness (QED) is 0.607. The maximum absolute atomic E-state index is 13.9. The molecule has 32 heavy (non-hydrogen) atoms. The molecule has 5 nitrogen and oxygen atoms in total. The third-order valence-electron chi connectivity index (χ3n) is 5.53. The van der Waals surface area contributed by atoms with Crippen LogP contribution in [-0.4, -0.2) is 42.9 Å². The van der Waals surface area contributed by atoms with E-state index in [9.17, 15) is 14.0 Å². The topological polar surface area (TPSA) is 52.7 Å². The minimum Gasteiger partial charge on any atom is -0.368 e. The van der Waals surface area contributed by atoms with Crippen molar-refractivity contribution in [1.29, 1.82) is 0 Å². The molecule has 0 aliphatic carbocycles. The molecule has 4 rings (SSSR count). The number of nitrogens with one attached hydrogen (secondary N) is 1. The minimum absolute atomic E-state index is 0.106. The molecule has 1 N–H and O–H groups in total. The second-order valence-corrected chi connectivity index (χ2v) is 8.15. The van der Waals surface area contributed by atoms with Crippen LogP contribution < -0.4 is 10.2 Å². The van der Waals surface area contributed by atoms with Gasteiger partial charge in [0.1, 0.15) is 5.82 Å². The van der Waals surface area contributed by atoms with Gasteiger partial charge in [-0.05, 0) is 61.0 Å². The van der Waals surface area contributed by atoms with Crippen LogP contribution >= 0.6 is 11.6 Å². The van der Waals surface area contributed by atoms with E-state index in [-0.39, 0.29) is 17.4 Å². The Hall–Kier alpha value is -3.38. The first kappa shape index (κ1) is 21.8. The number of nitrogens with zero attached hydrogens (tertiary/aromatic N) is 2. The molecule has 164 valence electrons. The Balaban J connectivity index is 1.35. The van der Waals surface area contributed by atoms with Gasteiger partial charge in [-0.2, -0.15) is 0 Å². The molecular weight excluding hydrogens is 429 g/mol. The van der Waals surface area contributed by atoms with Crippen molar-refractivity contribution in [1.82, 2.24) is 4.90 Å². The number of hydrogen-bond donors (Lipinski definition) is 1. The van der Waals surface area contributed by atoms with Crippen molar-refractivity contribution in [2.45, 2.75) is 6.92 Å². The van der Waals surface area contributed by atoms with Crippen molar-refractivity contribution in [2.75, 3.05) is 36.4 Å². The number of carbonyl (C=O) groups is 2. The lowest BCUT2D eigenvalue weighted by atomic mass is 10.1. The smallest absolute Gasteiger partial charge is 0.257 e. The minimum atomic E-state index is -0.496. The molecule has 0 radical (unpaired) electrons. The Morgan fingerprint density at radius 1 is 0.906 bits per heavy atom. The second kappa shape index (κ2) is 9.40. The summed E-state index contributed by atoms with van der Waals surface area (Å²) < 4.78 is 13.9. The van der Waals surface area contributed by atoms with Gasteiger partial charge in [-0.25, -0.2) is 4.39 Å². The van der Waals surface area contributed by atoms with E-state index in [1.807, 2.05) is 37.3 Å². The summed E-state index contributed by atoms with van der Waals surface area (Å²) in [5, 5.41) is 3.28. The van der Waals surface area contributed by atoms with Gasteiger partial charge >= 0.3 is 0 Å². The molecular formula is C25H23ClFN3O2. The summed E-state index contributed by atoms with van der Waals surface area (Å²) in [5.74, 6) is -1.04. The summed E-state index contributed by atoms with van der Waals surface area (Å²) in [7, 11) is 0. The van der Waals surface area contributed by atoms with Gasteiger partial charge in [0, 0.05) is 37.6 Å². The Morgan fingerprint density at radius 2 is 1.59 bits per heavy atom. The van der Waals surface area contributed by atoms with Gasteiger partial charge in [0.2, 0.25) is 0 Å². The molecule has 0 unspecified atom stereocenters. The second-order valence-electron chi connectivity index (χ2n) is 7.74. The maximum Gasteiger partial charge on any atom is 0.257 e. The third kappa shape index (κ3) is 4.75. The van der Waals surface area contributed by atoms with Crippen LogP contribution in [0, 0.1) is 12.7 Å². The number of anilines is 2. The molecule has 1 fully saturated rings. The van der Waals surface area contributed by atoms with Crippen LogP contribution in [0.25, 0.3) is 0 Å². The summed E-state index contributed by atoms with van der Waals surface area (Å²) in [4.78, 5) is 28.9. The van der Waals surface area contributed by atoms with E-state index in [4.69, 9.17) is 11.6 Å². The molecule has 1 heterocycles. The van der Waals surface area contributed by atoms with Crippen LogP contribution in [-0.2, 0) is 0 Å². The zero-order valence-electron chi connectivity index (χ0n) is 17.6. The molecule has 0 atom stereocenters. The van der Waals surface area contributed by atoms with Crippen molar-refractivity contribution in [3.63, 3.8) is 0 Å². The van der Waals surface area contributed by atoms with Gasteiger partial charge in [0.05, 0.1) is 16.1 Å². The molecule has 3 aromatic rings. The highest BCUT2D eigenvalue weighted by Crippen LogP contribution is 2.23. The highest BCUT2D eigenvalue weighted by Gasteiger charge is 2.24. The van der Waals surface area contributed by atoms with Gasteiger partial charge in [0.25, 0.3) is 11.8 Å². The van der Waals surface area contributed by atoms with Crippen LogP contribution in [0.2, 0.25) is 5.02 Å². The molecule has 1 saturated heterocycles. The predicted molar refractivity (Wildman–Crippen MR) is 125 cm³/mol. The van der Waals surface area contributed by atoms with Crippen molar-refractivity contribution in [2.24, 2.45) is 0 Å².